The summed E-state index contributed by atoms with van der Waals surface area (Å²) in [5.41, 5.74) is 0.926. The van der Waals surface area contributed by atoms with Gasteiger partial charge in [-0.25, -0.2) is 9.18 Å². The molecule has 3 nitrogen and oxygen atoms in total. The summed E-state index contributed by atoms with van der Waals surface area (Å²) in [6, 6.07) is 6.17. The molecule has 0 aliphatic heterocycles. The number of benzene rings is 1. The van der Waals surface area contributed by atoms with Crippen LogP contribution in [0.2, 0.25) is 0 Å². The zero-order valence-electron chi connectivity index (χ0n) is 9.78. The molecule has 1 amide bonds. The Morgan fingerprint density at radius 3 is 2.71 bits per heavy atom. The highest BCUT2D eigenvalue weighted by molar-refractivity contribution is 5.66. The quantitative estimate of drug-likeness (QED) is 0.800. The smallest absolute Gasteiger partial charge is 0.406 e. The van der Waals surface area contributed by atoms with Gasteiger partial charge in [0.05, 0.1) is 0 Å². The average molecular weight is 237 g/mol. The molecule has 0 aliphatic rings. The van der Waals surface area contributed by atoms with Gasteiger partial charge in [-0.05, 0) is 24.1 Å². The fourth-order valence-corrected chi connectivity index (χ4v) is 1.48. The van der Waals surface area contributed by atoms with E-state index in [2.05, 4.69) is 11.9 Å². The normalized spacial score (nSPS) is 11.6. The zero-order chi connectivity index (χ0) is 12.7. The Bertz CT molecular complexity index is 376. The summed E-state index contributed by atoms with van der Waals surface area (Å²) in [6.07, 6.45) is 1.95. The highest BCUT2D eigenvalue weighted by atomic mass is 19.1. The van der Waals surface area contributed by atoms with E-state index in [4.69, 9.17) is 4.74 Å². The molecule has 0 fully saturated rings. The third-order valence-electron chi connectivity index (χ3n) is 2.41. The number of nitrogens with one attached hydrogen (secondary N) is 1. The van der Waals surface area contributed by atoms with Crippen molar-refractivity contribution in [1.29, 1.82) is 0 Å². The Kier molecular flexibility index (Phi) is 5.20. The summed E-state index contributed by atoms with van der Waals surface area (Å²) in [7, 11) is 1.50. The van der Waals surface area contributed by atoms with Crippen molar-refractivity contribution in [2.24, 2.45) is 0 Å². The molecule has 92 valence electrons. The number of rotatable bonds is 5. The van der Waals surface area contributed by atoms with Gasteiger partial charge in [0.15, 0.2) is 0 Å². The van der Waals surface area contributed by atoms with E-state index in [1.807, 2.05) is 0 Å². The molecule has 1 aromatic carbocycles. The molecule has 0 radical (unpaired) electrons. The lowest BCUT2D eigenvalue weighted by atomic mass is 9.97. The number of alkyl carbamates (subject to hydrolysis) is 1. The maximum Gasteiger partial charge on any atom is 0.406 e. The second-order valence-electron chi connectivity index (χ2n) is 3.62. The molecule has 0 saturated heterocycles. The van der Waals surface area contributed by atoms with E-state index < -0.39 is 6.09 Å². The molecule has 4 heteroatoms. The van der Waals surface area contributed by atoms with Crippen LogP contribution in [0.1, 0.15) is 17.9 Å². The minimum Gasteiger partial charge on any atom is -0.449 e. The first-order valence-corrected chi connectivity index (χ1v) is 5.38. The van der Waals surface area contributed by atoms with Crippen LogP contribution in [0.3, 0.4) is 0 Å². The number of halogens is 1. The summed E-state index contributed by atoms with van der Waals surface area (Å²) >= 11 is 0. The van der Waals surface area contributed by atoms with E-state index in [0.717, 1.165) is 5.56 Å². The monoisotopic (exact) mass is 237 g/mol. The number of hydrogen-bond donors (Lipinski definition) is 1. The standard InChI is InChI=1S/C13H16FNO2/c1-3-4-11(9-17-13(16)15-2)10-5-7-12(14)8-6-10/h3,5-8,11H,1,4,9H2,2H3,(H,15,16). The second kappa shape index (κ2) is 6.68. The van der Waals surface area contributed by atoms with Crippen molar-refractivity contribution < 1.29 is 13.9 Å². The predicted molar refractivity (Wildman–Crippen MR) is 64.4 cm³/mol. The fourth-order valence-electron chi connectivity index (χ4n) is 1.48. The van der Waals surface area contributed by atoms with E-state index in [1.165, 1.54) is 19.2 Å². The summed E-state index contributed by atoms with van der Waals surface area (Å²) < 4.78 is 17.8. The number of allylic oxidation sites excluding steroid dienone is 1. The van der Waals surface area contributed by atoms with Crippen LogP contribution >= 0.6 is 0 Å². The molecule has 0 bridgehead atoms. The van der Waals surface area contributed by atoms with Crippen LogP contribution in [0.25, 0.3) is 0 Å². The van der Waals surface area contributed by atoms with Gasteiger partial charge in [-0.2, -0.15) is 0 Å². The van der Waals surface area contributed by atoms with Crippen molar-refractivity contribution in [2.45, 2.75) is 12.3 Å². The molecular formula is C13H16FNO2. The number of carbonyl (C=O) groups is 1. The molecule has 0 spiro atoms. The van der Waals surface area contributed by atoms with Crippen molar-refractivity contribution >= 4 is 6.09 Å². The van der Waals surface area contributed by atoms with Gasteiger partial charge < -0.3 is 10.1 Å². The zero-order valence-corrected chi connectivity index (χ0v) is 9.78. The molecule has 1 aromatic rings. The molecule has 1 N–H and O–H groups in total. The van der Waals surface area contributed by atoms with Crippen LogP contribution in [0.4, 0.5) is 9.18 Å². The molecule has 1 atom stereocenters. The van der Waals surface area contributed by atoms with Crippen LogP contribution < -0.4 is 5.32 Å². The van der Waals surface area contributed by atoms with E-state index >= 15 is 0 Å². The molecule has 0 aromatic heterocycles. The SMILES string of the molecule is C=CCC(COC(=O)NC)c1ccc(F)cc1. The van der Waals surface area contributed by atoms with Gasteiger partial charge in [-0.1, -0.05) is 18.2 Å². The van der Waals surface area contributed by atoms with E-state index in [1.54, 1.807) is 18.2 Å². The Morgan fingerprint density at radius 1 is 1.53 bits per heavy atom. The predicted octanol–water partition coefficient (Wildman–Crippen LogP) is 2.84. The van der Waals surface area contributed by atoms with E-state index in [-0.39, 0.29) is 18.3 Å². The number of amides is 1. The fraction of sp³-hybridized carbons (Fsp3) is 0.308. The maximum atomic E-state index is 12.8. The van der Waals surface area contributed by atoms with Crippen molar-refractivity contribution in [3.05, 3.63) is 48.3 Å². The first-order valence-electron chi connectivity index (χ1n) is 5.38. The van der Waals surface area contributed by atoms with Crippen LogP contribution in [0, 0.1) is 5.82 Å². The summed E-state index contributed by atoms with van der Waals surface area (Å²) in [5.74, 6) is -0.274. The van der Waals surface area contributed by atoms with Crippen molar-refractivity contribution in [3.8, 4) is 0 Å². The third kappa shape index (κ3) is 4.26. The Labute approximate surface area is 100 Å². The van der Waals surface area contributed by atoms with E-state index in [0.29, 0.717) is 6.42 Å². The van der Waals surface area contributed by atoms with Gasteiger partial charge in [-0.3, -0.25) is 0 Å². The Hall–Kier alpha value is -1.84. The maximum absolute atomic E-state index is 12.8. The highest BCUT2D eigenvalue weighted by Gasteiger charge is 2.12. The van der Waals surface area contributed by atoms with Gasteiger partial charge in [0.1, 0.15) is 12.4 Å². The number of carbonyl (C=O) groups excluding carboxylic acids is 1. The molecule has 0 saturated carbocycles. The Morgan fingerprint density at radius 2 is 2.18 bits per heavy atom. The minimum atomic E-state index is -0.471. The number of ether oxygens (including phenoxy) is 1. The van der Waals surface area contributed by atoms with E-state index in [9.17, 15) is 9.18 Å². The van der Waals surface area contributed by atoms with Crippen molar-refractivity contribution in [3.63, 3.8) is 0 Å². The molecule has 1 unspecified atom stereocenters. The minimum absolute atomic E-state index is 0.00500. The van der Waals surface area contributed by atoms with Crippen molar-refractivity contribution in [2.75, 3.05) is 13.7 Å². The average Bonchev–Trinajstić information content (AvgIpc) is 2.35. The van der Waals surface area contributed by atoms with Gasteiger partial charge in [-0.15, -0.1) is 6.58 Å². The lowest BCUT2D eigenvalue weighted by Crippen LogP contribution is -2.22. The van der Waals surface area contributed by atoms with Gasteiger partial charge in [0.25, 0.3) is 0 Å². The summed E-state index contributed by atoms with van der Waals surface area (Å²) in [6.45, 7) is 3.91. The van der Waals surface area contributed by atoms with Gasteiger partial charge in [0.2, 0.25) is 0 Å². The molecule has 0 heterocycles. The summed E-state index contributed by atoms with van der Waals surface area (Å²) in [4.78, 5) is 11.0. The largest absolute Gasteiger partial charge is 0.449 e. The van der Waals surface area contributed by atoms with Crippen molar-refractivity contribution in [1.82, 2.24) is 5.32 Å². The first kappa shape index (κ1) is 13.2. The van der Waals surface area contributed by atoms with Crippen LogP contribution in [0.15, 0.2) is 36.9 Å². The van der Waals surface area contributed by atoms with Crippen LogP contribution in [0.5, 0.6) is 0 Å². The first-order chi connectivity index (χ1) is 8.17. The second-order valence-corrected chi connectivity index (χ2v) is 3.62. The molecule has 1 rings (SSSR count). The Balaban J connectivity index is 2.67. The molecule has 0 aliphatic carbocycles. The summed E-state index contributed by atoms with van der Waals surface area (Å²) in [5, 5.41) is 2.38. The van der Waals surface area contributed by atoms with Crippen LogP contribution in [-0.4, -0.2) is 19.7 Å². The lowest BCUT2D eigenvalue weighted by molar-refractivity contribution is 0.141. The number of hydrogen-bond acceptors (Lipinski definition) is 2. The lowest BCUT2D eigenvalue weighted by Gasteiger charge is -2.15. The van der Waals surface area contributed by atoms with Gasteiger partial charge >= 0.3 is 6.09 Å². The molecule has 17 heavy (non-hydrogen) atoms. The topological polar surface area (TPSA) is 38.3 Å². The third-order valence-corrected chi connectivity index (χ3v) is 2.41. The molecular weight excluding hydrogens is 221 g/mol. The van der Waals surface area contributed by atoms with Crippen LogP contribution in [-0.2, 0) is 4.74 Å². The highest BCUT2D eigenvalue weighted by Crippen LogP contribution is 2.20. The van der Waals surface area contributed by atoms with Gasteiger partial charge in [0, 0.05) is 13.0 Å².